The zero-order chi connectivity index (χ0) is 28.8. The number of aromatic nitrogens is 1. The van der Waals surface area contributed by atoms with Crippen LogP contribution in [-0.4, -0.2) is 48.1 Å². The number of carbonyl (C=O) groups excluding carboxylic acids is 1. The van der Waals surface area contributed by atoms with Gasteiger partial charge in [-0.15, -0.1) is 0 Å². The highest BCUT2D eigenvalue weighted by molar-refractivity contribution is 5.99. The van der Waals surface area contributed by atoms with E-state index in [2.05, 4.69) is 50.7 Å². The first-order chi connectivity index (χ1) is 18.2. The molecule has 0 radical (unpaired) electrons. The Kier molecular flexibility index (Phi) is 9.19. The van der Waals surface area contributed by atoms with Gasteiger partial charge in [-0.2, -0.15) is 13.2 Å². The highest BCUT2D eigenvalue weighted by Gasteiger charge is 2.17. The molecule has 0 aliphatic carbocycles. The number of benzene rings is 3. The first kappa shape index (κ1) is 29.4. The summed E-state index contributed by atoms with van der Waals surface area (Å²) < 4.78 is 34.0. The Bertz CT molecular complexity index is 1430. The molecular weight excluding hydrogens is 503 g/mol. The summed E-state index contributed by atoms with van der Waals surface area (Å²) in [5, 5.41) is 11.8. The summed E-state index contributed by atoms with van der Waals surface area (Å²) in [6.45, 7) is 2.12. The van der Waals surface area contributed by atoms with Crippen LogP contribution in [0, 0.1) is 5.41 Å². The predicted octanol–water partition coefficient (Wildman–Crippen LogP) is 5.68. The predicted molar refractivity (Wildman–Crippen MR) is 150 cm³/mol. The lowest BCUT2D eigenvalue weighted by atomic mass is 10.1. The topological polar surface area (TPSA) is 83.9 Å². The minimum Gasteiger partial charge on any atom is -0.384 e. The molecule has 9 heteroatoms. The maximum atomic E-state index is 13.2. The number of nitrogens with zero attached hydrogens (tertiary/aromatic N) is 2. The van der Waals surface area contributed by atoms with Gasteiger partial charge in [-0.3, -0.25) is 10.2 Å². The molecule has 0 aliphatic heterocycles. The number of nitrogen functional groups attached to an aromatic ring is 1. The van der Waals surface area contributed by atoms with Crippen LogP contribution in [0.25, 0.3) is 10.9 Å². The largest absolute Gasteiger partial charge is 0.386 e. The van der Waals surface area contributed by atoms with Gasteiger partial charge in [-0.25, -0.2) is 0 Å². The highest BCUT2D eigenvalue weighted by Crippen LogP contribution is 2.22. The van der Waals surface area contributed by atoms with Crippen LogP contribution >= 0.6 is 0 Å². The second-order valence-corrected chi connectivity index (χ2v) is 10.5. The van der Waals surface area contributed by atoms with E-state index in [1.807, 2.05) is 59.2 Å². The van der Waals surface area contributed by atoms with Gasteiger partial charge in [0.1, 0.15) is 18.1 Å². The van der Waals surface area contributed by atoms with Crippen LogP contribution in [0.3, 0.4) is 0 Å². The van der Waals surface area contributed by atoms with Crippen molar-refractivity contribution in [2.75, 3.05) is 21.1 Å². The summed E-state index contributed by atoms with van der Waals surface area (Å²) in [5.41, 5.74) is 11.3. The maximum Gasteiger partial charge on any atom is 0.386 e. The summed E-state index contributed by atoms with van der Waals surface area (Å²) in [6, 6.07) is 25.9. The van der Waals surface area contributed by atoms with Gasteiger partial charge in [0.25, 0.3) is 5.91 Å². The number of nitrogens with one attached hydrogen (secondary N) is 2. The number of fused-ring (bicyclic) bond motifs is 1. The Balaban J connectivity index is 0.000000771. The zero-order valence-corrected chi connectivity index (χ0v) is 22.6. The molecule has 0 saturated heterocycles. The first-order valence-corrected chi connectivity index (χ1v) is 12.4. The lowest BCUT2D eigenvalue weighted by Crippen LogP contribution is -2.33. The quantitative estimate of drug-likeness (QED) is 0.153. The van der Waals surface area contributed by atoms with Crippen molar-refractivity contribution in [3.05, 3.63) is 107 Å². The number of hydrogen-bond acceptors (Lipinski definition) is 2. The molecule has 0 unspecified atom stereocenters. The molecule has 0 atom stereocenters. The van der Waals surface area contributed by atoms with Gasteiger partial charge >= 0.3 is 6.18 Å². The number of carbonyl (C=O) groups is 1. The van der Waals surface area contributed by atoms with Gasteiger partial charge in [0.15, 0.2) is 0 Å². The van der Waals surface area contributed by atoms with Crippen molar-refractivity contribution in [3.63, 3.8) is 0 Å². The number of halogens is 3. The van der Waals surface area contributed by atoms with E-state index in [9.17, 15) is 18.0 Å². The molecule has 39 heavy (non-hydrogen) atoms. The summed E-state index contributed by atoms with van der Waals surface area (Å²) in [5.74, 6) is -0.0843. The zero-order valence-electron chi connectivity index (χ0n) is 22.6. The van der Waals surface area contributed by atoms with Crippen LogP contribution in [0.2, 0.25) is 0 Å². The number of para-hydroxylation sites is 1. The second kappa shape index (κ2) is 12.2. The van der Waals surface area contributed by atoms with Crippen molar-refractivity contribution < 1.29 is 22.4 Å². The molecule has 1 amide bonds. The molecule has 3 aromatic carbocycles. The molecule has 0 spiro atoms. The van der Waals surface area contributed by atoms with Crippen molar-refractivity contribution >= 4 is 22.6 Å². The molecule has 206 valence electrons. The number of alkyl halides is 3. The minimum absolute atomic E-state index is 0.0321. The summed E-state index contributed by atoms with van der Waals surface area (Å²) in [4.78, 5) is 13.2. The van der Waals surface area contributed by atoms with Crippen LogP contribution in [0.1, 0.15) is 39.7 Å². The van der Waals surface area contributed by atoms with E-state index in [1.54, 1.807) is 0 Å². The summed E-state index contributed by atoms with van der Waals surface area (Å²) >= 11 is 0. The van der Waals surface area contributed by atoms with Gasteiger partial charge in [0.2, 0.25) is 0 Å². The number of rotatable bonds is 8. The van der Waals surface area contributed by atoms with Crippen molar-refractivity contribution in [2.45, 2.75) is 32.7 Å². The lowest BCUT2D eigenvalue weighted by Gasteiger charge is -2.23. The summed E-state index contributed by atoms with van der Waals surface area (Å²) in [7, 11) is 6.51. The molecule has 0 bridgehead atoms. The van der Waals surface area contributed by atoms with Crippen molar-refractivity contribution in [1.82, 2.24) is 9.88 Å². The third-order valence-electron chi connectivity index (χ3n) is 5.75. The SMILES string of the molecule is CC(F)(F)F.C[N+](C)(C)Cc1ccc(CNC(=O)c2cc3ccccc3n2Cc2cccc(C(=N)N)c2)cc1. The molecule has 4 N–H and O–H groups in total. The van der Waals surface area contributed by atoms with Gasteiger partial charge in [-0.1, -0.05) is 60.7 Å². The lowest BCUT2D eigenvalue weighted by molar-refractivity contribution is -0.884. The Labute approximate surface area is 227 Å². The Morgan fingerprint density at radius 2 is 1.54 bits per heavy atom. The fourth-order valence-corrected chi connectivity index (χ4v) is 4.17. The van der Waals surface area contributed by atoms with Crippen LogP contribution in [0.15, 0.2) is 78.9 Å². The van der Waals surface area contributed by atoms with Crippen LogP contribution < -0.4 is 11.1 Å². The fourth-order valence-electron chi connectivity index (χ4n) is 4.17. The van der Waals surface area contributed by atoms with Crippen molar-refractivity contribution in [3.8, 4) is 0 Å². The first-order valence-electron chi connectivity index (χ1n) is 12.4. The molecule has 0 fully saturated rings. The van der Waals surface area contributed by atoms with Gasteiger partial charge < -0.3 is 20.1 Å². The van der Waals surface area contributed by atoms with E-state index >= 15 is 0 Å². The molecule has 4 rings (SSSR count). The number of nitrogens with two attached hydrogens (primary N) is 1. The third-order valence-corrected chi connectivity index (χ3v) is 5.75. The van der Waals surface area contributed by atoms with E-state index in [1.165, 1.54) is 5.56 Å². The van der Waals surface area contributed by atoms with Crippen LogP contribution in [0.5, 0.6) is 0 Å². The van der Waals surface area contributed by atoms with Gasteiger partial charge in [0.05, 0.1) is 21.1 Å². The fraction of sp³-hybridized carbons (Fsp3) is 0.267. The average molecular weight is 539 g/mol. The average Bonchev–Trinajstić information content (AvgIpc) is 3.20. The van der Waals surface area contributed by atoms with Crippen LogP contribution in [-0.2, 0) is 19.6 Å². The molecule has 0 aliphatic rings. The molecular formula is C30H35F3N5O+. The standard InChI is InChI=1S/C28H31N5O.C2H3F3/c1-33(2,3)19-21-13-11-20(12-14-21)17-31-28(34)26-16-23-8-4-5-10-25(23)32(26)18-22-7-6-9-24(15-22)27(29)30;1-2(3,4)5/h4-16H,17-19H2,1-3H3,(H3-,29,30,31,34);1H3/p+1. The van der Waals surface area contributed by atoms with E-state index < -0.39 is 6.18 Å². The van der Waals surface area contributed by atoms with E-state index in [0.29, 0.717) is 24.3 Å². The Morgan fingerprint density at radius 1 is 0.923 bits per heavy atom. The highest BCUT2D eigenvalue weighted by atomic mass is 19.4. The van der Waals surface area contributed by atoms with Gasteiger partial charge in [0, 0.05) is 42.0 Å². The number of amides is 1. The molecule has 6 nitrogen and oxygen atoms in total. The maximum absolute atomic E-state index is 13.2. The van der Waals surface area contributed by atoms with E-state index in [4.69, 9.17) is 11.1 Å². The molecule has 1 heterocycles. The number of amidine groups is 1. The van der Waals surface area contributed by atoms with Crippen LogP contribution in [0.4, 0.5) is 13.2 Å². The molecule has 4 aromatic rings. The number of quaternary nitrogens is 1. The Hall–Kier alpha value is -4.11. The summed E-state index contributed by atoms with van der Waals surface area (Å²) in [6.07, 6.45) is -4.00. The second-order valence-electron chi connectivity index (χ2n) is 10.5. The van der Waals surface area contributed by atoms with E-state index in [-0.39, 0.29) is 18.7 Å². The Morgan fingerprint density at radius 3 is 2.15 bits per heavy atom. The monoisotopic (exact) mass is 538 g/mol. The third kappa shape index (κ3) is 9.30. The normalized spacial score (nSPS) is 11.6. The minimum atomic E-state index is -4.00. The van der Waals surface area contributed by atoms with Crippen molar-refractivity contribution in [1.29, 1.82) is 5.41 Å². The number of hydrogen-bond donors (Lipinski definition) is 3. The molecule has 1 aromatic heterocycles. The van der Waals surface area contributed by atoms with Gasteiger partial charge in [-0.05, 0) is 29.3 Å². The van der Waals surface area contributed by atoms with E-state index in [0.717, 1.165) is 33.1 Å². The molecule has 0 saturated carbocycles. The smallest absolute Gasteiger partial charge is 0.384 e. The van der Waals surface area contributed by atoms with Crippen molar-refractivity contribution in [2.24, 2.45) is 5.73 Å².